The van der Waals surface area contributed by atoms with Crippen molar-refractivity contribution in [3.63, 3.8) is 0 Å². The third-order valence-corrected chi connectivity index (χ3v) is 6.80. The average molecular weight is 517 g/mol. The number of sulfonamides is 1. The van der Waals surface area contributed by atoms with Gasteiger partial charge in [-0.15, -0.1) is 0 Å². The Labute approximate surface area is 210 Å². The lowest BCUT2D eigenvalue weighted by Gasteiger charge is -2.15. The van der Waals surface area contributed by atoms with Crippen molar-refractivity contribution in [3.8, 4) is 5.75 Å². The maximum Gasteiger partial charge on any atom is 0.267 e. The van der Waals surface area contributed by atoms with E-state index in [-0.39, 0.29) is 28.3 Å². The van der Waals surface area contributed by atoms with Crippen molar-refractivity contribution in [2.24, 2.45) is 0 Å². The number of nitrogens with zero attached hydrogens (tertiary/aromatic N) is 1. The van der Waals surface area contributed by atoms with Crippen LogP contribution in [0.5, 0.6) is 5.75 Å². The lowest BCUT2D eigenvalue weighted by molar-refractivity contribution is 0.0954. The van der Waals surface area contributed by atoms with Gasteiger partial charge >= 0.3 is 0 Å². The molecule has 0 aliphatic carbocycles. The molecule has 11 heteroatoms. The van der Waals surface area contributed by atoms with Crippen LogP contribution in [0.1, 0.15) is 22.8 Å². The maximum atomic E-state index is 12.9. The molecule has 0 bridgehead atoms. The number of para-hydroxylation sites is 1. The van der Waals surface area contributed by atoms with Crippen LogP contribution in [0.25, 0.3) is 10.9 Å². The third-order valence-electron chi connectivity index (χ3n) is 4.99. The molecule has 2 aromatic carbocycles. The first-order valence-electron chi connectivity index (χ1n) is 11.0. The second kappa shape index (κ2) is 12.4. The number of carbonyl (C=O) groups excluding carboxylic acids is 1. The SMILES string of the molecule is CCOCCOc1ccc(CCNC(=O)c2cnc3ccccc3c2)cc1S(=O)(=O)NC(=S)NC. The van der Waals surface area contributed by atoms with Crippen LogP contribution in [-0.2, 0) is 21.2 Å². The number of fused-ring (bicyclic) bond motifs is 1. The first-order valence-corrected chi connectivity index (χ1v) is 12.9. The number of aromatic nitrogens is 1. The highest BCUT2D eigenvalue weighted by Crippen LogP contribution is 2.25. The second-order valence-electron chi connectivity index (χ2n) is 7.43. The fourth-order valence-electron chi connectivity index (χ4n) is 3.24. The highest BCUT2D eigenvalue weighted by Gasteiger charge is 2.21. The number of ether oxygens (including phenoxy) is 2. The van der Waals surface area contributed by atoms with Crippen molar-refractivity contribution in [2.45, 2.75) is 18.2 Å². The molecule has 0 radical (unpaired) electrons. The molecule has 0 aliphatic rings. The van der Waals surface area contributed by atoms with Crippen molar-refractivity contribution >= 4 is 44.2 Å². The lowest BCUT2D eigenvalue weighted by Crippen LogP contribution is -2.37. The molecule has 0 saturated carbocycles. The number of benzene rings is 2. The van der Waals surface area contributed by atoms with Crippen LogP contribution < -0.4 is 20.1 Å². The molecule has 0 saturated heterocycles. The van der Waals surface area contributed by atoms with E-state index in [4.69, 9.17) is 21.7 Å². The topological polar surface area (TPSA) is 119 Å². The predicted octanol–water partition coefficient (Wildman–Crippen LogP) is 2.41. The molecule has 0 fully saturated rings. The van der Waals surface area contributed by atoms with Crippen LogP contribution in [-0.4, -0.2) is 57.8 Å². The zero-order chi connectivity index (χ0) is 25.3. The molecular formula is C24H28N4O5S2. The molecule has 1 heterocycles. The molecule has 3 rings (SSSR count). The Morgan fingerprint density at radius 3 is 2.69 bits per heavy atom. The van der Waals surface area contributed by atoms with Gasteiger partial charge in [-0.25, -0.2) is 8.42 Å². The summed E-state index contributed by atoms with van der Waals surface area (Å²) in [5.41, 5.74) is 1.97. The van der Waals surface area contributed by atoms with Gasteiger partial charge in [0.05, 0.1) is 17.7 Å². The van der Waals surface area contributed by atoms with Crippen molar-refractivity contribution in [1.29, 1.82) is 0 Å². The number of amides is 1. The van der Waals surface area contributed by atoms with E-state index in [1.807, 2.05) is 31.2 Å². The molecule has 186 valence electrons. The van der Waals surface area contributed by atoms with Gasteiger partial charge in [0.1, 0.15) is 17.3 Å². The molecule has 1 amide bonds. The smallest absolute Gasteiger partial charge is 0.267 e. The Hall–Kier alpha value is -3.28. The molecule has 3 N–H and O–H groups in total. The summed E-state index contributed by atoms with van der Waals surface area (Å²) in [5, 5.41) is 6.28. The Balaban J connectivity index is 1.70. The van der Waals surface area contributed by atoms with Gasteiger partial charge in [0.15, 0.2) is 5.11 Å². The minimum Gasteiger partial charge on any atom is -0.490 e. The molecule has 0 spiro atoms. The van der Waals surface area contributed by atoms with Gasteiger partial charge in [-0.2, -0.15) is 0 Å². The van der Waals surface area contributed by atoms with Crippen LogP contribution in [0.15, 0.2) is 59.6 Å². The standard InChI is InChI=1S/C24H28N4O5S2/c1-3-32-12-13-33-21-9-8-17(14-22(21)35(30,31)28-24(34)25-2)10-11-26-23(29)19-15-18-6-4-5-7-20(18)27-16-19/h4-9,14-16H,3,10-13H2,1-2H3,(H,26,29)(H2,25,28,34). The number of rotatable bonds is 11. The molecule has 1 aromatic heterocycles. The number of hydrogen-bond acceptors (Lipinski definition) is 7. The van der Waals surface area contributed by atoms with E-state index in [9.17, 15) is 13.2 Å². The third kappa shape index (κ3) is 7.35. The Bertz CT molecular complexity index is 1300. The number of pyridine rings is 1. The summed E-state index contributed by atoms with van der Waals surface area (Å²) >= 11 is 4.96. The van der Waals surface area contributed by atoms with Crippen LogP contribution >= 0.6 is 12.2 Å². The van der Waals surface area contributed by atoms with Crippen molar-refractivity contribution < 1.29 is 22.7 Å². The Morgan fingerprint density at radius 1 is 1.11 bits per heavy atom. The maximum absolute atomic E-state index is 12.9. The Morgan fingerprint density at radius 2 is 1.91 bits per heavy atom. The van der Waals surface area contributed by atoms with Gasteiger partial charge in [-0.3, -0.25) is 14.5 Å². The molecule has 3 aromatic rings. The molecular weight excluding hydrogens is 488 g/mol. The van der Waals surface area contributed by atoms with Gasteiger partial charge in [-0.1, -0.05) is 24.3 Å². The van der Waals surface area contributed by atoms with Gasteiger partial charge < -0.3 is 20.1 Å². The quantitative estimate of drug-likeness (QED) is 0.263. The van der Waals surface area contributed by atoms with E-state index in [2.05, 4.69) is 20.3 Å². The zero-order valence-corrected chi connectivity index (χ0v) is 21.2. The summed E-state index contributed by atoms with van der Waals surface area (Å²) in [5.74, 6) is -0.0702. The van der Waals surface area contributed by atoms with Crippen LogP contribution in [0.2, 0.25) is 0 Å². The highest BCUT2D eigenvalue weighted by atomic mass is 32.2. The van der Waals surface area contributed by atoms with Gasteiger partial charge in [0.2, 0.25) is 0 Å². The van der Waals surface area contributed by atoms with E-state index in [0.717, 1.165) is 10.9 Å². The van der Waals surface area contributed by atoms with Gasteiger partial charge in [0, 0.05) is 31.8 Å². The predicted molar refractivity (Wildman–Crippen MR) is 138 cm³/mol. The first kappa shape index (κ1) is 26.3. The summed E-state index contributed by atoms with van der Waals surface area (Å²) in [6, 6.07) is 14.2. The van der Waals surface area contributed by atoms with E-state index in [1.54, 1.807) is 18.2 Å². The minimum atomic E-state index is -3.99. The largest absolute Gasteiger partial charge is 0.490 e. The van der Waals surface area contributed by atoms with Crippen molar-refractivity contribution in [3.05, 3.63) is 65.9 Å². The monoisotopic (exact) mass is 516 g/mol. The number of thiocarbonyl (C=S) groups is 1. The minimum absolute atomic E-state index is 0.0353. The number of carbonyl (C=O) groups is 1. The summed E-state index contributed by atoms with van der Waals surface area (Å²) < 4.78 is 39.0. The molecule has 35 heavy (non-hydrogen) atoms. The van der Waals surface area contributed by atoms with Crippen molar-refractivity contribution in [2.75, 3.05) is 33.4 Å². The van der Waals surface area contributed by atoms with Crippen LogP contribution in [0, 0.1) is 0 Å². The molecule has 9 nitrogen and oxygen atoms in total. The van der Waals surface area contributed by atoms with Crippen molar-refractivity contribution in [1.82, 2.24) is 20.3 Å². The van der Waals surface area contributed by atoms with E-state index in [0.29, 0.717) is 37.3 Å². The van der Waals surface area contributed by atoms with Gasteiger partial charge in [-0.05, 0) is 55.4 Å². The van der Waals surface area contributed by atoms with E-state index >= 15 is 0 Å². The fraction of sp³-hybridized carbons (Fsp3) is 0.292. The molecule has 0 atom stereocenters. The first-order chi connectivity index (χ1) is 16.8. The average Bonchev–Trinajstić information content (AvgIpc) is 2.86. The van der Waals surface area contributed by atoms with Crippen LogP contribution in [0.3, 0.4) is 0 Å². The second-order valence-corrected chi connectivity index (χ2v) is 9.49. The normalized spacial score (nSPS) is 11.1. The Kier molecular flexibility index (Phi) is 9.35. The highest BCUT2D eigenvalue weighted by molar-refractivity contribution is 7.92. The summed E-state index contributed by atoms with van der Waals surface area (Å²) in [6.07, 6.45) is 1.94. The molecule has 0 aliphatic heterocycles. The van der Waals surface area contributed by atoms with Crippen LogP contribution in [0.4, 0.5) is 0 Å². The number of hydrogen-bond donors (Lipinski definition) is 3. The fourth-order valence-corrected chi connectivity index (χ4v) is 4.72. The van der Waals surface area contributed by atoms with Gasteiger partial charge in [0.25, 0.3) is 15.9 Å². The summed E-state index contributed by atoms with van der Waals surface area (Å²) in [7, 11) is -2.47. The zero-order valence-electron chi connectivity index (χ0n) is 19.5. The molecule has 0 unspecified atom stereocenters. The van der Waals surface area contributed by atoms with E-state index in [1.165, 1.54) is 19.3 Å². The lowest BCUT2D eigenvalue weighted by atomic mass is 10.1. The number of nitrogens with one attached hydrogen (secondary N) is 3. The summed E-state index contributed by atoms with van der Waals surface area (Å²) in [4.78, 5) is 16.8. The van der Waals surface area contributed by atoms with E-state index < -0.39 is 10.0 Å². The summed E-state index contributed by atoms with van der Waals surface area (Å²) in [6.45, 7) is 3.23.